The van der Waals surface area contributed by atoms with E-state index in [0.29, 0.717) is 5.41 Å². The number of rotatable bonds is 12. The van der Waals surface area contributed by atoms with Gasteiger partial charge in [0.25, 0.3) is 0 Å². The molecule has 1 atom stereocenters. The minimum absolute atomic E-state index is 0.00967. The van der Waals surface area contributed by atoms with E-state index in [-0.39, 0.29) is 33.5 Å². The minimum atomic E-state index is -0.441. The first-order valence-electron chi connectivity index (χ1n) is 13.1. The highest BCUT2D eigenvalue weighted by molar-refractivity contribution is 5.73. The molecule has 0 amide bonds. The van der Waals surface area contributed by atoms with Crippen molar-refractivity contribution < 1.29 is 9.53 Å². The van der Waals surface area contributed by atoms with Crippen LogP contribution in [0, 0.1) is 33.0 Å². The van der Waals surface area contributed by atoms with Crippen LogP contribution in [0.25, 0.3) is 0 Å². The van der Waals surface area contributed by atoms with Gasteiger partial charge in [-0.3, -0.25) is 4.79 Å². The molecule has 2 nitrogen and oxygen atoms in total. The molecule has 0 aliphatic heterocycles. The van der Waals surface area contributed by atoms with E-state index < -0.39 is 5.60 Å². The van der Waals surface area contributed by atoms with Gasteiger partial charge in [0.15, 0.2) is 0 Å². The summed E-state index contributed by atoms with van der Waals surface area (Å²) in [4.78, 5) is 13.6. The topological polar surface area (TPSA) is 26.3 Å². The fourth-order valence-corrected chi connectivity index (χ4v) is 6.24. The summed E-state index contributed by atoms with van der Waals surface area (Å²) in [6.45, 7) is 34.1. The lowest BCUT2D eigenvalue weighted by atomic mass is 9.69. The average Bonchev–Trinajstić information content (AvgIpc) is 2.44. The number of ether oxygens (including phenoxy) is 1. The summed E-state index contributed by atoms with van der Waals surface area (Å²) in [5.41, 5.74) is 0.573. The Morgan fingerprint density at radius 2 is 1.09 bits per heavy atom. The molecule has 0 radical (unpaired) electrons. The molecule has 0 heterocycles. The Kier molecular flexibility index (Phi) is 10.6. The predicted molar refractivity (Wildman–Crippen MR) is 142 cm³/mol. The maximum Gasteiger partial charge on any atom is 0.309 e. The SMILES string of the molecule is CCC(C)(C)CC(C)(C)OC(=O)C(CCC(C)(C)CC(C)(C)C)CC(C)(C)CC(C)(C)C. The standard InChI is InChI=1S/C30H60O2/c1-16-27(8,9)22-30(14,15)32-24(31)23(19-29(12,13)21-26(5,6)7)17-18-28(10,11)20-25(2,3)4/h23H,16-22H2,1-15H3. The van der Waals surface area contributed by atoms with Crippen molar-refractivity contribution in [2.45, 2.75) is 154 Å². The number of hydrogen-bond donors (Lipinski definition) is 0. The lowest BCUT2D eigenvalue weighted by Crippen LogP contribution is -2.37. The Bertz CT molecular complexity index is 579. The minimum Gasteiger partial charge on any atom is -0.459 e. The van der Waals surface area contributed by atoms with E-state index in [1.165, 1.54) is 0 Å². The first kappa shape index (κ1) is 31.5. The van der Waals surface area contributed by atoms with Crippen LogP contribution in [-0.4, -0.2) is 11.6 Å². The molecule has 0 bridgehead atoms. The Morgan fingerprint density at radius 3 is 1.50 bits per heavy atom. The first-order valence-corrected chi connectivity index (χ1v) is 13.1. The molecule has 0 N–H and O–H groups in total. The van der Waals surface area contributed by atoms with Crippen molar-refractivity contribution in [2.24, 2.45) is 33.0 Å². The van der Waals surface area contributed by atoms with Crippen LogP contribution in [0.5, 0.6) is 0 Å². The third-order valence-corrected chi connectivity index (χ3v) is 6.56. The normalized spacial score (nSPS) is 15.6. The third-order valence-electron chi connectivity index (χ3n) is 6.56. The van der Waals surface area contributed by atoms with Gasteiger partial charge in [-0.05, 0) is 79.4 Å². The highest BCUT2D eigenvalue weighted by Crippen LogP contribution is 2.43. The van der Waals surface area contributed by atoms with Gasteiger partial charge in [0.05, 0.1) is 5.92 Å². The molecule has 0 fully saturated rings. The van der Waals surface area contributed by atoms with Gasteiger partial charge in [-0.2, -0.15) is 0 Å². The van der Waals surface area contributed by atoms with Gasteiger partial charge in [0.2, 0.25) is 0 Å². The maximum absolute atomic E-state index is 13.6. The average molecular weight is 453 g/mol. The van der Waals surface area contributed by atoms with Crippen molar-refractivity contribution in [3.8, 4) is 0 Å². The second-order valence-corrected chi connectivity index (χ2v) is 16.1. The van der Waals surface area contributed by atoms with Crippen LogP contribution < -0.4 is 0 Å². The summed E-state index contributed by atoms with van der Waals surface area (Å²) in [5.74, 6) is -0.0361. The molecule has 0 aliphatic carbocycles. The molecule has 0 rings (SSSR count). The molecule has 192 valence electrons. The molecule has 0 aromatic carbocycles. The summed E-state index contributed by atoms with van der Waals surface area (Å²) in [7, 11) is 0. The fraction of sp³-hybridized carbons (Fsp3) is 0.967. The summed E-state index contributed by atoms with van der Waals surface area (Å²) in [6, 6.07) is 0. The van der Waals surface area contributed by atoms with E-state index in [1.54, 1.807) is 0 Å². The van der Waals surface area contributed by atoms with E-state index in [2.05, 4.69) is 104 Å². The number of hydrogen-bond acceptors (Lipinski definition) is 2. The van der Waals surface area contributed by atoms with Gasteiger partial charge in [-0.1, -0.05) is 96.4 Å². The van der Waals surface area contributed by atoms with Crippen molar-refractivity contribution in [1.82, 2.24) is 0 Å². The fourth-order valence-electron chi connectivity index (χ4n) is 6.24. The Morgan fingerprint density at radius 1 is 0.656 bits per heavy atom. The van der Waals surface area contributed by atoms with E-state index in [1.807, 2.05) is 0 Å². The summed E-state index contributed by atoms with van der Waals surface area (Å²) in [5, 5.41) is 0. The largest absolute Gasteiger partial charge is 0.459 e. The van der Waals surface area contributed by atoms with Crippen LogP contribution in [0.2, 0.25) is 0 Å². The van der Waals surface area contributed by atoms with Crippen LogP contribution >= 0.6 is 0 Å². The van der Waals surface area contributed by atoms with Gasteiger partial charge >= 0.3 is 5.97 Å². The number of carbonyl (C=O) groups is 1. The van der Waals surface area contributed by atoms with E-state index in [0.717, 1.165) is 44.9 Å². The highest BCUT2D eigenvalue weighted by atomic mass is 16.6. The Hall–Kier alpha value is -0.530. The van der Waals surface area contributed by atoms with Crippen molar-refractivity contribution >= 4 is 5.97 Å². The van der Waals surface area contributed by atoms with Crippen molar-refractivity contribution in [2.75, 3.05) is 0 Å². The van der Waals surface area contributed by atoms with Gasteiger partial charge in [-0.15, -0.1) is 0 Å². The van der Waals surface area contributed by atoms with Gasteiger partial charge in [0.1, 0.15) is 5.60 Å². The van der Waals surface area contributed by atoms with Crippen LogP contribution in [0.1, 0.15) is 149 Å². The van der Waals surface area contributed by atoms with E-state index in [9.17, 15) is 4.79 Å². The van der Waals surface area contributed by atoms with Crippen molar-refractivity contribution in [3.05, 3.63) is 0 Å². The molecule has 0 aromatic heterocycles. The Balaban J connectivity index is 5.59. The second kappa shape index (κ2) is 10.8. The molecule has 0 saturated heterocycles. The number of carbonyl (C=O) groups excluding carboxylic acids is 1. The Labute approximate surface area is 203 Å². The molecule has 0 aromatic rings. The molecule has 32 heavy (non-hydrogen) atoms. The zero-order valence-corrected chi connectivity index (χ0v) is 24.8. The van der Waals surface area contributed by atoms with Crippen molar-refractivity contribution in [1.29, 1.82) is 0 Å². The molecule has 1 unspecified atom stereocenters. The maximum atomic E-state index is 13.6. The third kappa shape index (κ3) is 14.6. The quantitative estimate of drug-likeness (QED) is 0.275. The zero-order chi connectivity index (χ0) is 25.8. The zero-order valence-electron chi connectivity index (χ0n) is 24.8. The second-order valence-electron chi connectivity index (χ2n) is 16.1. The van der Waals surface area contributed by atoms with Gasteiger partial charge < -0.3 is 4.74 Å². The highest BCUT2D eigenvalue weighted by Gasteiger charge is 2.37. The molecule has 0 saturated carbocycles. The number of esters is 1. The molecule has 0 aliphatic rings. The van der Waals surface area contributed by atoms with Crippen LogP contribution in [0.3, 0.4) is 0 Å². The van der Waals surface area contributed by atoms with Crippen LogP contribution in [-0.2, 0) is 9.53 Å². The van der Waals surface area contributed by atoms with E-state index in [4.69, 9.17) is 4.74 Å². The van der Waals surface area contributed by atoms with E-state index >= 15 is 0 Å². The first-order chi connectivity index (χ1) is 13.9. The summed E-state index contributed by atoms with van der Waals surface area (Å²) >= 11 is 0. The van der Waals surface area contributed by atoms with Gasteiger partial charge in [-0.25, -0.2) is 0 Å². The lowest BCUT2D eigenvalue weighted by Gasteiger charge is -2.39. The summed E-state index contributed by atoms with van der Waals surface area (Å²) in [6.07, 6.45) is 7.07. The molecular formula is C30H60O2. The lowest BCUT2D eigenvalue weighted by molar-refractivity contribution is -0.166. The predicted octanol–water partition coefficient (Wildman–Crippen LogP) is 9.85. The van der Waals surface area contributed by atoms with Gasteiger partial charge in [0, 0.05) is 0 Å². The molecular weight excluding hydrogens is 392 g/mol. The monoisotopic (exact) mass is 452 g/mol. The summed E-state index contributed by atoms with van der Waals surface area (Å²) < 4.78 is 6.24. The molecule has 0 spiro atoms. The van der Waals surface area contributed by atoms with Crippen molar-refractivity contribution in [3.63, 3.8) is 0 Å². The van der Waals surface area contributed by atoms with Crippen LogP contribution in [0.15, 0.2) is 0 Å². The van der Waals surface area contributed by atoms with Crippen LogP contribution in [0.4, 0.5) is 0 Å². The smallest absolute Gasteiger partial charge is 0.309 e. The molecule has 2 heteroatoms.